The summed E-state index contributed by atoms with van der Waals surface area (Å²) in [5, 5.41) is 16.5. The number of ether oxygens (including phenoxy) is 1. The largest absolute Gasteiger partial charge is 0.481 e. The van der Waals surface area contributed by atoms with Crippen LogP contribution in [-0.4, -0.2) is 143 Å². The quantitative estimate of drug-likeness (QED) is 0.0374. The van der Waals surface area contributed by atoms with E-state index in [2.05, 4.69) is 30.6 Å². The molecule has 4 rings (SSSR count). The molecule has 1 aromatic rings. The Labute approximate surface area is 268 Å². The summed E-state index contributed by atoms with van der Waals surface area (Å²) in [6.45, 7) is 6.59. The normalized spacial score (nSPS) is 19.7. The van der Waals surface area contributed by atoms with E-state index in [9.17, 15) is 19.2 Å². The molecule has 7 N–H and O–H groups in total. The number of carbonyl (C=O) groups excluding carboxylic acids is 4. The molecular formula is C29H47N10O7+. The molecule has 0 spiro atoms. The number of rotatable bonds is 14. The minimum absolute atomic E-state index is 0.106. The topological polar surface area (TPSA) is 236 Å². The van der Waals surface area contributed by atoms with E-state index in [1.54, 1.807) is 11.2 Å². The Kier molecular flexibility index (Phi) is 14.1. The summed E-state index contributed by atoms with van der Waals surface area (Å²) in [6.07, 6.45) is 9.22. The number of aromatic nitrogens is 2. The van der Waals surface area contributed by atoms with Crippen LogP contribution in [0.4, 0.5) is 0 Å². The molecule has 0 unspecified atom stereocenters. The van der Waals surface area contributed by atoms with Gasteiger partial charge in [0.2, 0.25) is 11.8 Å². The third-order valence-electron chi connectivity index (χ3n) is 8.08. The zero-order valence-corrected chi connectivity index (χ0v) is 26.4. The summed E-state index contributed by atoms with van der Waals surface area (Å²) in [5.41, 5.74) is 5.71. The molecule has 3 fully saturated rings. The molecule has 46 heavy (non-hydrogen) atoms. The van der Waals surface area contributed by atoms with Crippen LogP contribution in [0.2, 0.25) is 0 Å². The Morgan fingerprint density at radius 3 is 2.48 bits per heavy atom. The summed E-state index contributed by atoms with van der Waals surface area (Å²) in [5.74, 6) is 3.19. The van der Waals surface area contributed by atoms with Gasteiger partial charge in [0, 0.05) is 57.5 Å². The number of morpholine rings is 1. The van der Waals surface area contributed by atoms with Crippen LogP contribution in [0.1, 0.15) is 49.5 Å². The molecular weight excluding hydrogens is 600 g/mol. The van der Waals surface area contributed by atoms with Crippen molar-refractivity contribution < 1.29 is 38.3 Å². The highest BCUT2D eigenvalue weighted by Gasteiger charge is 2.45. The van der Waals surface area contributed by atoms with Crippen molar-refractivity contribution in [3.8, 4) is 0 Å². The minimum Gasteiger partial charge on any atom is -0.481 e. The lowest BCUT2D eigenvalue weighted by Crippen LogP contribution is -2.63. The third-order valence-corrected chi connectivity index (χ3v) is 8.08. The number of likely N-dealkylation sites (tertiary alicyclic amines) is 1. The summed E-state index contributed by atoms with van der Waals surface area (Å²) in [7, 11) is 0. The first-order chi connectivity index (χ1) is 22.0. The SMILES string of the molecule is CC(=O)O.NN=CN1CCC[C@H](C[N+]2(CC(=O)N(C3CC3)[C@@H](CC(N)=O)C(=O)NCCNC(=O)c3cnccn3)CCOCC2)C1. The average Bonchev–Trinajstić information content (AvgIpc) is 3.85. The second kappa shape index (κ2) is 17.9. The fraction of sp³-hybridized carbons (Fsp3) is 0.655. The van der Waals surface area contributed by atoms with E-state index in [1.165, 1.54) is 18.6 Å². The summed E-state index contributed by atoms with van der Waals surface area (Å²) >= 11 is 0. The van der Waals surface area contributed by atoms with Crippen molar-refractivity contribution in [2.45, 2.75) is 51.1 Å². The van der Waals surface area contributed by atoms with Gasteiger partial charge < -0.3 is 46.3 Å². The standard InChI is InChI=1S/C27H42N10O5.C2H4O2/c28-24(38)14-23(27(41)33-8-7-32-26(40)22-15-30-5-6-31-22)36(21-3-4-21)25(39)18-37(10-12-42-13-11-37)17-20-2-1-9-35(16-20)19-34-29;1-2(3)4/h5-6,15,19-21,23H,1-4,7-14,16-18,29H2,(H3-,28,32,33,38,40,41);1H3,(H,3,4)/p+1/t20-,23-;/m0./s1. The smallest absolute Gasteiger partial charge is 0.300 e. The lowest BCUT2D eigenvalue weighted by molar-refractivity contribution is -0.931. The van der Waals surface area contributed by atoms with Gasteiger partial charge >= 0.3 is 0 Å². The fourth-order valence-electron chi connectivity index (χ4n) is 5.98. The van der Waals surface area contributed by atoms with Crippen LogP contribution in [-0.2, 0) is 23.9 Å². The Balaban J connectivity index is 0.00000136. The molecule has 0 aromatic carbocycles. The molecule has 1 saturated carbocycles. The van der Waals surface area contributed by atoms with Gasteiger partial charge in [0.15, 0.2) is 6.54 Å². The molecule has 254 valence electrons. The van der Waals surface area contributed by atoms with E-state index in [0.717, 1.165) is 52.2 Å². The Morgan fingerprint density at radius 2 is 1.87 bits per heavy atom. The van der Waals surface area contributed by atoms with Crippen molar-refractivity contribution in [3.05, 3.63) is 24.3 Å². The van der Waals surface area contributed by atoms with E-state index in [1.807, 2.05) is 0 Å². The van der Waals surface area contributed by atoms with E-state index in [-0.39, 0.29) is 43.7 Å². The van der Waals surface area contributed by atoms with Crippen LogP contribution in [0.15, 0.2) is 23.7 Å². The van der Waals surface area contributed by atoms with Crippen LogP contribution < -0.4 is 22.2 Å². The number of hydrogen-bond donors (Lipinski definition) is 5. The first-order valence-corrected chi connectivity index (χ1v) is 15.5. The number of amides is 4. The second-order valence-corrected chi connectivity index (χ2v) is 11.9. The van der Waals surface area contributed by atoms with Crippen molar-refractivity contribution in [2.75, 3.05) is 65.6 Å². The number of piperidine rings is 1. The number of nitrogens with one attached hydrogen (secondary N) is 2. The molecule has 3 aliphatic rings. The summed E-state index contributed by atoms with van der Waals surface area (Å²) < 4.78 is 6.23. The van der Waals surface area contributed by atoms with Gasteiger partial charge in [-0.15, -0.1) is 0 Å². The number of nitrogens with two attached hydrogens (primary N) is 2. The minimum atomic E-state index is -1.02. The van der Waals surface area contributed by atoms with Gasteiger partial charge in [-0.1, -0.05) is 0 Å². The molecule has 17 heteroatoms. The number of nitrogens with zero attached hydrogens (tertiary/aromatic N) is 6. The fourth-order valence-corrected chi connectivity index (χ4v) is 5.98. The number of primary amides is 1. The monoisotopic (exact) mass is 647 g/mol. The van der Waals surface area contributed by atoms with Gasteiger partial charge in [0.25, 0.3) is 17.8 Å². The van der Waals surface area contributed by atoms with Crippen LogP contribution in [0, 0.1) is 5.92 Å². The van der Waals surface area contributed by atoms with Crippen LogP contribution >= 0.6 is 0 Å². The molecule has 2 atom stereocenters. The molecule has 1 aromatic heterocycles. The Hall–Kier alpha value is -4.38. The van der Waals surface area contributed by atoms with E-state index >= 15 is 0 Å². The van der Waals surface area contributed by atoms with Crippen LogP contribution in [0.5, 0.6) is 0 Å². The summed E-state index contributed by atoms with van der Waals surface area (Å²) in [4.78, 5) is 72.2. The Morgan fingerprint density at radius 1 is 1.17 bits per heavy atom. The van der Waals surface area contributed by atoms with E-state index in [0.29, 0.717) is 36.7 Å². The molecule has 0 radical (unpaired) electrons. The maximum absolute atomic E-state index is 14.0. The number of quaternary nitrogens is 1. The zero-order chi connectivity index (χ0) is 33.5. The van der Waals surface area contributed by atoms with Crippen molar-refractivity contribution in [3.63, 3.8) is 0 Å². The molecule has 1 aliphatic carbocycles. The molecule has 0 bridgehead atoms. The van der Waals surface area contributed by atoms with Gasteiger partial charge in [-0.3, -0.25) is 29.0 Å². The van der Waals surface area contributed by atoms with Gasteiger partial charge in [-0.25, -0.2) is 4.98 Å². The molecule has 17 nitrogen and oxygen atoms in total. The highest BCUT2D eigenvalue weighted by atomic mass is 16.5. The number of carboxylic acids is 1. The number of hydrogen-bond acceptors (Lipinski definition) is 10. The van der Waals surface area contributed by atoms with E-state index < -0.39 is 29.7 Å². The lowest BCUT2D eigenvalue weighted by atomic mass is 9.96. The molecule has 3 heterocycles. The number of hydrazone groups is 1. The van der Waals surface area contributed by atoms with Gasteiger partial charge in [-0.2, -0.15) is 5.10 Å². The number of carboxylic acid groups (broad SMARTS) is 1. The maximum Gasteiger partial charge on any atom is 0.300 e. The predicted octanol–water partition coefficient (Wildman–Crippen LogP) is -1.89. The average molecular weight is 648 g/mol. The maximum atomic E-state index is 14.0. The van der Waals surface area contributed by atoms with Gasteiger partial charge in [0.1, 0.15) is 31.2 Å². The van der Waals surface area contributed by atoms with Gasteiger partial charge in [0.05, 0.1) is 32.4 Å². The highest BCUT2D eigenvalue weighted by molar-refractivity contribution is 5.93. The number of carbonyl (C=O) groups is 5. The first kappa shape index (κ1) is 36.1. The highest BCUT2D eigenvalue weighted by Crippen LogP contribution is 2.31. The third kappa shape index (κ3) is 11.8. The lowest BCUT2D eigenvalue weighted by Gasteiger charge is -2.45. The van der Waals surface area contributed by atoms with Crippen molar-refractivity contribution in [1.29, 1.82) is 0 Å². The molecule has 4 amide bonds. The van der Waals surface area contributed by atoms with Crippen LogP contribution in [0.3, 0.4) is 0 Å². The van der Waals surface area contributed by atoms with Crippen LogP contribution in [0.25, 0.3) is 0 Å². The molecule has 2 aliphatic heterocycles. The zero-order valence-electron chi connectivity index (χ0n) is 26.4. The van der Waals surface area contributed by atoms with Crippen molar-refractivity contribution >= 4 is 35.9 Å². The molecule has 2 saturated heterocycles. The van der Waals surface area contributed by atoms with Gasteiger partial charge in [-0.05, 0) is 25.7 Å². The number of aliphatic carboxylic acids is 1. The van der Waals surface area contributed by atoms with Crippen molar-refractivity contribution in [2.24, 2.45) is 22.6 Å². The van der Waals surface area contributed by atoms with E-state index in [4.69, 9.17) is 26.2 Å². The predicted molar refractivity (Wildman–Crippen MR) is 166 cm³/mol. The second-order valence-electron chi connectivity index (χ2n) is 11.9. The first-order valence-electron chi connectivity index (χ1n) is 15.5. The summed E-state index contributed by atoms with van der Waals surface area (Å²) in [6, 6.07) is -1.14. The Bertz CT molecular complexity index is 1200. The van der Waals surface area contributed by atoms with Crippen molar-refractivity contribution in [1.82, 2.24) is 30.4 Å².